The molecule has 2 heterocycles. The molecule has 2 aromatic carbocycles. The number of nitrogens with two attached hydrogens (primary N) is 1. The number of primary amides is 1. The normalized spacial score (nSPS) is 15.5. The first-order valence-corrected chi connectivity index (χ1v) is 11.1. The molecule has 6 nitrogen and oxygen atoms in total. The van der Waals surface area contributed by atoms with Gasteiger partial charge >= 0.3 is 0 Å². The minimum Gasteiger partial charge on any atom is -0.481 e. The molecule has 32 heavy (non-hydrogen) atoms. The summed E-state index contributed by atoms with van der Waals surface area (Å²) in [5.41, 5.74) is 10.0. The summed E-state index contributed by atoms with van der Waals surface area (Å²) in [6, 6.07) is 15.4. The van der Waals surface area contributed by atoms with Gasteiger partial charge in [-0.15, -0.1) is 0 Å². The van der Waals surface area contributed by atoms with Crippen LogP contribution in [0.25, 0.3) is 10.9 Å². The number of carbonyl (C=O) groups excluding carboxylic acids is 2. The minimum absolute atomic E-state index is 0.0247. The Morgan fingerprint density at radius 2 is 1.78 bits per heavy atom. The van der Waals surface area contributed by atoms with Gasteiger partial charge in [-0.2, -0.15) is 0 Å². The number of carbonyl (C=O) groups is 2. The van der Waals surface area contributed by atoms with E-state index in [0.29, 0.717) is 24.4 Å². The topological polar surface area (TPSA) is 85.5 Å². The molecule has 2 N–H and O–H groups in total. The molecule has 0 spiro atoms. The molecule has 0 bridgehead atoms. The Labute approximate surface area is 188 Å². The van der Waals surface area contributed by atoms with Gasteiger partial charge in [0.25, 0.3) is 11.8 Å². The molecule has 1 unspecified atom stereocenters. The summed E-state index contributed by atoms with van der Waals surface area (Å²) in [6.45, 7) is 7.06. The number of piperidine rings is 1. The van der Waals surface area contributed by atoms with Gasteiger partial charge in [0, 0.05) is 24.4 Å². The summed E-state index contributed by atoms with van der Waals surface area (Å²) in [5.74, 6) is 0.299. The highest BCUT2D eigenvalue weighted by atomic mass is 16.5. The van der Waals surface area contributed by atoms with Gasteiger partial charge < -0.3 is 15.4 Å². The maximum Gasteiger partial charge on any atom is 0.263 e. The van der Waals surface area contributed by atoms with Crippen molar-refractivity contribution in [1.29, 1.82) is 0 Å². The van der Waals surface area contributed by atoms with Crippen LogP contribution in [-0.2, 0) is 4.79 Å². The van der Waals surface area contributed by atoms with Crippen molar-refractivity contribution in [3.63, 3.8) is 0 Å². The van der Waals surface area contributed by atoms with E-state index in [0.717, 1.165) is 35.0 Å². The van der Waals surface area contributed by atoms with Gasteiger partial charge in [0.1, 0.15) is 5.75 Å². The van der Waals surface area contributed by atoms with Gasteiger partial charge in [0.15, 0.2) is 6.10 Å². The van der Waals surface area contributed by atoms with E-state index in [1.54, 1.807) is 6.92 Å². The van der Waals surface area contributed by atoms with E-state index >= 15 is 0 Å². The number of benzene rings is 2. The zero-order valence-electron chi connectivity index (χ0n) is 18.8. The number of hydrogen-bond acceptors (Lipinski definition) is 4. The molecule has 166 valence electrons. The zero-order valence-corrected chi connectivity index (χ0v) is 18.8. The largest absolute Gasteiger partial charge is 0.481 e. The van der Waals surface area contributed by atoms with E-state index in [1.807, 2.05) is 67.3 Å². The van der Waals surface area contributed by atoms with Crippen molar-refractivity contribution in [2.24, 2.45) is 5.73 Å². The molecule has 6 heteroatoms. The summed E-state index contributed by atoms with van der Waals surface area (Å²) in [5, 5.41) is 0.898. The molecule has 0 saturated carbocycles. The van der Waals surface area contributed by atoms with Crippen LogP contribution in [0.2, 0.25) is 0 Å². The smallest absolute Gasteiger partial charge is 0.263 e. The fourth-order valence-corrected chi connectivity index (χ4v) is 4.31. The lowest BCUT2D eigenvalue weighted by molar-refractivity contribution is -0.139. The van der Waals surface area contributed by atoms with E-state index in [9.17, 15) is 9.59 Å². The number of likely N-dealkylation sites (tertiary alicyclic amines) is 1. The number of rotatable bonds is 5. The summed E-state index contributed by atoms with van der Waals surface area (Å²) in [4.78, 5) is 31.7. The number of hydrogen-bond donors (Lipinski definition) is 1. The second kappa shape index (κ2) is 8.99. The van der Waals surface area contributed by atoms with E-state index in [-0.39, 0.29) is 11.8 Å². The predicted octanol–water partition coefficient (Wildman–Crippen LogP) is 4.12. The van der Waals surface area contributed by atoms with Crippen LogP contribution in [0.3, 0.4) is 0 Å². The molecule has 1 aromatic heterocycles. The number of para-hydroxylation sites is 1. The molecule has 3 aromatic rings. The van der Waals surface area contributed by atoms with Gasteiger partial charge in [-0.05, 0) is 69.0 Å². The molecular weight excluding hydrogens is 402 g/mol. The molecule has 1 atom stereocenters. The number of pyridine rings is 1. The van der Waals surface area contributed by atoms with Crippen LogP contribution in [0.1, 0.15) is 52.9 Å². The number of amides is 2. The highest BCUT2D eigenvalue weighted by molar-refractivity contribution is 5.97. The fourth-order valence-electron chi connectivity index (χ4n) is 4.31. The van der Waals surface area contributed by atoms with Crippen molar-refractivity contribution in [3.05, 3.63) is 70.9 Å². The maximum atomic E-state index is 13.0. The molecule has 1 saturated heterocycles. The molecular formula is C26H29N3O3. The van der Waals surface area contributed by atoms with Crippen molar-refractivity contribution >= 4 is 22.7 Å². The maximum absolute atomic E-state index is 13.0. The SMILES string of the molecule is Cc1ccc(OC(C)C(=O)N2CCC(c3nc4ccccc4cc3C(N)=O)CC2)cc1C. The third-order valence-corrected chi connectivity index (χ3v) is 6.35. The minimum atomic E-state index is -0.561. The number of fused-ring (bicyclic) bond motifs is 1. The zero-order chi connectivity index (χ0) is 22.8. The van der Waals surface area contributed by atoms with Crippen LogP contribution in [0.5, 0.6) is 5.75 Å². The van der Waals surface area contributed by atoms with Gasteiger partial charge in [0.2, 0.25) is 0 Å². The van der Waals surface area contributed by atoms with Crippen LogP contribution >= 0.6 is 0 Å². The lowest BCUT2D eigenvalue weighted by atomic mass is 9.89. The van der Waals surface area contributed by atoms with Crippen molar-refractivity contribution in [3.8, 4) is 5.75 Å². The second-order valence-electron chi connectivity index (χ2n) is 8.58. The first kappa shape index (κ1) is 21.8. The van der Waals surface area contributed by atoms with Gasteiger partial charge in [0.05, 0.1) is 16.8 Å². The van der Waals surface area contributed by atoms with Crippen LogP contribution in [0.15, 0.2) is 48.5 Å². The lowest BCUT2D eigenvalue weighted by Crippen LogP contribution is -2.44. The van der Waals surface area contributed by atoms with Gasteiger partial charge in [-0.3, -0.25) is 14.6 Å². The first-order valence-electron chi connectivity index (χ1n) is 11.1. The molecule has 4 rings (SSSR count). The Bertz CT molecular complexity index is 1170. The molecule has 0 aliphatic carbocycles. The number of nitrogens with zero attached hydrogens (tertiary/aromatic N) is 2. The Morgan fingerprint density at radius 1 is 1.06 bits per heavy atom. The average Bonchev–Trinajstić information content (AvgIpc) is 2.80. The summed E-state index contributed by atoms with van der Waals surface area (Å²) >= 11 is 0. The highest BCUT2D eigenvalue weighted by Gasteiger charge is 2.30. The monoisotopic (exact) mass is 431 g/mol. The summed E-state index contributed by atoms with van der Waals surface area (Å²) in [7, 11) is 0. The van der Waals surface area contributed by atoms with Crippen molar-refractivity contribution < 1.29 is 14.3 Å². The first-order chi connectivity index (χ1) is 15.3. The number of ether oxygens (including phenoxy) is 1. The van der Waals surface area contributed by atoms with Crippen LogP contribution in [0, 0.1) is 13.8 Å². The van der Waals surface area contributed by atoms with E-state index < -0.39 is 12.0 Å². The predicted molar refractivity (Wildman–Crippen MR) is 125 cm³/mol. The quantitative estimate of drug-likeness (QED) is 0.658. The van der Waals surface area contributed by atoms with Gasteiger partial charge in [-0.1, -0.05) is 24.3 Å². The molecule has 0 radical (unpaired) electrons. The molecule has 2 amide bonds. The number of aryl methyl sites for hydroxylation is 2. The summed E-state index contributed by atoms with van der Waals surface area (Å²) < 4.78 is 5.91. The highest BCUT2D eigenvalue weighted by Crippen LogP contribution is 2.31. The Hall–Kier alpha value is -3.41. The van der Waals surface area contributed by atoms with Crippen molar-refractivity contribution in [2.45, 2.75) is 45.6 Å². The second-order valence-corrected chi connectivity index (χ2v) is 8.58. The standard InChI is InChI=1S/C26H29N3O3/c1-16-8-9-21(14-17(16)2)32-18(3)26(31)29-12-10-19(11-13-29)24-22(25(27)30)15-20-6-4-5-7-23(20)28-24/h4-9,14-15,18-19H,10-13H2,1-3H3,(H2,27,30). The van der Waals surface area contributed by atoms with Gasteiger partial charge in [-0.25, -0.2) is 0 Å². The van der Waals surface area contributed by atoms with Crippen molar-refractivity contribution in [2.75, 3.05) is 13.1 Å². The fraction of sp³-hybridized carbons (Fsp3) is 0.346. The Morgan fingerprint density at radius 3 is 2.47 bits per heavy atom. The van der Waals surface area contributed by atoms with E-state index in [2.05, 4.69) is 0 Å². The Kier molecular flexibility index (Phi) is 6.12. The van der Waals surface area contributed by atoms with E-state index in [4.69, 9.17) is 15.5 Å². The molecule has 1 aliphatic heterocycles. The Balaban J connectivity index is 1.44. The van der Waals surface area contributed by atoms with Crippen LogP contribution in [-0.4, -0.2) is 40.9 Å². The molecule has 1 aliphatic rings. The van der Waals surface area contributed by atoms with Crippen LogP contribution in [0.4, 0.5) is 0 Å². The van der Waals surface area contributed by atoms with Crippen molar-refractivity contribution in [1.82, 2.24) is 9.88 Å². The average molecular weight is 432 g/mol. The third kappa shape index (κ3) is 4.44. The summed E-state index contributed by atoms with van der Waals surface area (Å²) in [6.07, 6.45) is 0.898. The van der Waals surface area contributed by atoms with E-state index in [1.165, 1.54) is 5.56 Å². The molecule has 1 fully saturated rings. The lowest BCUT2D eigenvalue weighted by Gasteiger charge is -2.33. The number of aromatic nitrogens is 1. The third-order valence-electron chi connectivity index (χ3n) is 6.35. The van der Waals surface area contributed by atoms with Crippen LogP contribution < -0.4 is 10.5 Å².